The lowest BCUT2D eigenvalue weighted by Gasteiger charge is -2.31. The van der Waals surface area contributed by atoms with Crippen molar-refractivity contribution >= 4 is 5.91 Å². The Kier molecular flexibility index (Phi) is 8.21. The number of carbonyl (C=O) groups excluding carboxylic acids is 1. The van der Waals surface area contributed by atoms with E-state index in [-0.39, 0.29) is 11.9 Å². The Morgan fingerprint density at radius 3 is 2.31 bits per heavy atom. The fourth-order valence-electron chi connectivity index (χ4n) is 1.82. The molecule has 0 rings (SSSR count). The molecule has 0 heterocycles. The molecule has 2 N–H and O–H groups in total. The monoisotopic (exact) mass is 230 g/mol. The van der Waals surface area contributed by atoms with Gasteiger partial charge < -0.3 is 15.4 Å². The van der Waals surface area contributed by atoms with E-state index < -0.39 is 0 Å². The van der Waals surface area contributed by atoms with Crippen LogP contribution in [0.25, 0.3) is 0 Å². The molecule has 1 unspecified atom stereocenters. The van der Waals surface area contributed by atoms with Crippen LogP contribution in [-0.4, -0.2) is 43.2 Å². The molecule has 0 spiro atoms. The minimum absolute atomic E-state index is 0.0769. The molecule has 0 saturated heterocycles. The van der Waals surface area contributed by atoms with Crippen LogP contribution in [0.5, 0.6) is 0 Å². The predicted molar refractivity (Wildman–Crippen MR) is 66.2 cm³/mol. The molecular formula is C12H26N2O2. The summed E-state index contributed by atoms with van der Waals surface area (Å²) >= 11 is 0. The Balaban J connectivity index is 4.44. The molecule has 0 aliphatic rings. The van der Waals surface area contributed by atoms with Crippen LogP contribution in [0, 0.1) is 0 Å². The first-order valence-electron chi connectivity index (χ1n) is 6.10. The SMILES string of the molecule is CCC(CC)N(CCOC)C(=O)CC(C)N. The van der Waals surface area contributed by atoms with Crippen LogP contribution in [0.4, 0.5) is 0 Å². The van der Waals surface area contributed by atoms with Gasteiger partial charge in [0.15, 0.2) is 0 Å². The number of nitrogens with zero attached hydrogens (tertiary/aromatic N) is 1. The lowest BCUT2D eigenvalue weighted by Crippen LogP contribution is -2.43. The highest BCUT2D eigenvalue weighted by molar-refractivity contribution is 5.77. The fraction of sp³-hybridized carbons (Fsp3) is 0.917. The maximum atomic E-state index is 12.0. The van der Waals surface area contributed by atoms with Gasteiger partial charge in [0, 0.05) is 32.2 Å². The van der Waals surface area contributed by atoms with E-state index in [1.165, 1.54) is 0 Å². The van der Waals surface area contributed by atoms with Gasteiger partial charge >= 0.3 is 0 Å². The zero-order chi connectivity index (χ0) is 12.6. The van der Waals surface area contributed by atoms with Crippen LogP contribution in [-0.2, 0) is 9.53 Å². The van der Waals surface area contributed by atoms with Gasteiger partial charge in [0.2, 0.25) is 5.91 Å². The topological polar surface area (TPSA) is 55.6 Å². The van der Waals surface area contributed by atoms with E-state index in [0.717, 1.165) is 12.8 Å². The highest BCUT2D eigenvalue weighted by Crippen LogP contribution is 2.10. The second-order valence-corrected chi connectivity index (χ2v) is 4.23. The van der Waals surface area contributed by atoms with Crippen molar-refractivity contribution in [2.24, 2.45) is 5.73 Å². The van der Waals surface area contributed by atoms with E-state index >= 15 is 0 Å². The first-order chi connectivity index (χ1) is 7.56. The van der Waals surface area contributed by atoms with Crippen molar-refractivity contribution in [1.29, 1.82) is 0 Å². The molecule has 0 bridgehead atoms. The molecule has 16 heavy (non-hydrogen) atoms. The van der Waals surface area contributed by atoms with Gasteiger partial charge in [-0.15, -0.1) is 0 Å². The van der Waals surface area contributed by atoms with Crippen molar-refractivity contribution in [3.05, 3.63) is 0 Å². The molecule has 1 atom stereocenters. The Morgan fingerprint density at radius 1 is 1.38 bits per heavy atom. The van der Waals surface area contributed by atoms with Gasteiger partial charge in [-0.05, 0) is 19.8 Å². The minimum Gasteiger partial charge on any atom is -0.383 e. The van der Waals surface area contributed by atoms with Gasteiger partial charge in [-0.2, -0.15) is 0 Å². The van der Waals surface area contributed by atoms with Crippen LogP contribution in [0.15, 0.2) is 0 Å². The van der Waals surface area contributed by atoms with Gasteiger partial charge in [0.25, 0.3) is 0 Å². The summed E-state index contributed by atoms with van der Waals surface area (Å²) in [5.41, 5.74) is 5.66. The van der Waals surface area contributed by atoms with E-state index in [9.17, 15) is 4.79 Å². The van der Waals surface area contributed by atoms with Gasteiger partial charge in [-0.3, -0.25) is 4.79 Å². The largest absolute Gasteiger partial charge is 0.383 e. The molecule has 96 valence electrons. The van der Waals surface area contributed by atoms with Crippen molar-refractivity contribution in [2.75, 3.05) is 20.3 Å². The lowest BCUT2D eigenvalue weighted by molar-refractivity contribution is -0.134. The molecule has 0 aromatic heterocycles. The van der Waals surface area contributed by atoms with Gasteiger partial charge in [0.05, 0.1) is 6.61 Å². The Bertz CT molecular complexity index is 191. The third kappa shape index (κ3) is 5.47. The van der Waals surface area contributed by atoms with Crippen molar-refractivity contribution in [1.82, 2.24) is 4.90 Å². The van der Waals surface area contributed by atoms with E-state index in [4.69, 9.17) is 10.5 Å². The predicted octanol–water partition coefficient (Wildman–Crippen LogP) is 1.39. The van der Waals surface area contributed by atoms with Gasteiger partial charge in [-0.1, -0.05) is 13.8 Å². The van der Waals surface area contributed by atoms with Crippen LogP contribution in [0.1, 0.15) is 40.0 Å². The highest BCUT2D eigenvalue weighted by atomic mass is 16.5. The standard InChI is InChI=1S/C12H26N2O2/c1-5-11(6-2)14(7-8-16-4)12(15)9-10(3)13/h10-11H,5-9,13H2,1-4H3. The number of ether oxygens (including phenoxy) is 1. The molecule has 0 aromatic carbocycles. The maximum absolute atomic E-state index is 12.0. The van der Waals surface area contributed by atoms with Crippen molar-refractivity contribution in [3.63, 3.8) is 0 Å². The summed E-state index contributed by atoms with van der Waals surface area (Å²) in [6.07, 6.45) is 2.37. The van der Waals surface area contributed by atoms with Crippen molar-refractivity contribution in [2.45, 2.75) is 52.1 Å². The molecular weight excluding hydrogens is 204 g/mol. The molecule has 0 fully saturated rings. The van der Waals surface area contributed by atoms with E-state index in [2.05, 4.69) is 13.8 Å². The number of hydrogen-bond acceptors (Lipinski definition) is 3. The van der Waals surface area contributed by atoms with Gasteiger partial charge in [0.1, 0.15) is 0 Å². The molecule has 0 saturated carbocycles. The van der Waals surface area contributed by atoms with E-state index in [1.54, 1.807) is 7.11 Å². The Hall–Kier alpha value is -0.610. The molecule has 1 amide bonds. The van der Waals surface area contributed by atoms with Crippen LogP contribution in [0.2, 0.25) is 0 Å². The third-order valence-electron chi connectivity index (χ3n) is 2.74. The number of carbonyl (C=O) groups is 1. The first kappa shape index (κ1) is 15.4. The zero-order valence-electron chi connectivity index (χ0n) is 11.0. The highest BCUT2D eigenvalue weighted by Gasteiger charge is 2.21. The molecule has 4 nitrogen and oxygen atoms in total. The Labute approximate surface area is 99.1 Å². The summed E-state index contributed by atoms with van der Waals surface area (Å²) in [4.78, 5) is 13.9. The summed E-state index contributed by atoms with van der Waals surface area (Å²) in [6.45, 7) is 7.31. The summed E-state index contributed by atoms with van der Waals surface area (Å²) < 4.78 is 5.04. The third-order valence-corrected chi connectivity index (χ3v) is 2.74. The van der Waals surface area contributed by atoms with Gasteiger partial charge in [-0.25, -0.2) is 0 Å². The quantitative estimate of drug-likeness (QED) is 0.685. The second-order valence-electron chi connectivity index (χ2n) is 4.23. The number of methoxy groups -OCH3 is 1. The average Bonchev–Trinajstić information content (AvgIpc) is 2.23. The molecule has 0 radical (unpaired) electrons. The zero-order valence-corrected chi connectivity index (χ0v) is 11.0. The normalized spacial score (nSPS) is 12.9. The number of nitrogens with two attached hydrogens (primary N) is 1. The van der Waals surface area contributed by atoms with Crippen LogP contribution in [0.3, 0.4) is 0 Å². The second kappa shape index (κ2) is 8.53. The smallest absolute Gasteiger partial charge is 0.224 e. The molecule has 0 aliphatic carbocycles. The van der Waals surface area contributed by atoms with E-state index in [0.29, 0.717) is 25.6 Å². The maximum Gasteiger partial charge on any atom is 0.224 e. The number of rotatable bonds is 8. The summed E-state index contributed by atoms with van der Waals surface area (Å²) in [6, 6.07) is 0.230. The molecule has 4 heteroatoms. The first-order valence-corrected chi connectivity index (χ1v) is 6.10. The van der Waals surface area contributed by atoms with E-state index in [1.807, 2.05) is 11.8 Å². The van der Waals surface area contributed by atoms with Crippen molar-refractivity contribution in [3.8, 4) is 0 Å². The summed E-state index contributed by atoms with van der Waals surface area (Å²) in [7, 11) is 1.65. The molecule has 0 aliphatic heterocycles. The summed E-state index contributed by atoms with van der Waals surface area (Å²) in [5.74, 6) is 0.140. The number of hydrogen-bond donors (Lipinski definition) is 1. The Morgan fingerprint density at radius 2 is 1.94 bits per heavy atom. The molecule has 0 aromatic rings. The average molecular weight is 230 g/mol. The number of amides is 1. The van der Waals surface area contributed by atoms with Crippen LogP contribution < -0.4 is 5.73 Å². The fourth-order valence-corrected chi connectivity index (χ4v) is 1.82. The lowest BCUT2D eigenvalue weighted by atomic mass is 10.1. The van der Waals surface area contributed by atoms with Crippen LogP contribution >= 0.6 is 0 Å². The minimum atomic E-state index is -0.0769. The van der Waals surface area contributed by atoms with Crippen molar-refractivity contribution < 1.29 is 9.53 Å². The summed E-state index contributed by atoms with van der Waals surface area (Å²) in [5, 5.41) is 0.